The Hall–Kier alpha value is -0.900. The zero-order valence-electron chi connectivity index (χ0n) is 8.25. The number of carbonyl (C=O) groups excluding carboxylic acids is 1. The average Bonchev–Trinajstić information content (AvgIpc) is 2.31. The van der Waals surface area contributed by atoms with Crippen molar-refractivity contribution >= 4 is 17.3 Å². The molecule has 0 aliphatic carbocycles. The topological polar surface area (TPSA) is 39.2 Å². The first-order valence-corrected chi connectivity index (χ1v) is 4.86. The van der Waals surface area contributed by atoms with Crippen LogP contribution in [0.3, 0.4) is 0 Å². The van der Waals surface area contributed by atoms with Crippen LogP contribution >= 0.6 is 11.3 Å². The summed E-state index contributed by atoms with van der Waals surface area (Å²) in [6, 6.07) is 0. The predicted octanol–water partition coefficient (Wildman–Crippen LogP) is 2.41. The quantitative estimate of drug-likeness (QED) is 0.652. The monoisotopic (exact) mass is 199 g/mol. The zero-order valence-corrected chi connectivity index (χ0v) is 9.07. The maximum absolute atomic E-state index is 11.4. The van der Waals surface area contributed by atoms with Crippen LogP contribution in [0.5, 0.6) is 0 Å². The largest absolute Gasteiger partial charge is 0.456 e. The number of hydrogen-bond acceptors (Lipinski definition) is 4. The van der Waals surface area contributed by atoms with Crippen molar-refractivity contribution in [1.82, 2.24) is 4.98 Å². The molecule has 1 aromatic rings. The van der Waals surface area contributed by atoms with Gasteiger partial charge in [-0.05, 0) is 27.7 Å². The first kappa shape index (κ1) is 10.2. The number of ether oxygens (including phenoxy) is 1. The Morgan fingerprint density at radius 3 is 2.54 bits per heavy atom. The lowest BCUT2D eigenvalue weighted by Crippen LogP contribution is -2.23. The third-order valence-electron chi connectivity index (χ3n) is 1.22. The number of carbonyl (C=O) groups is 1. The van der Waals surface area contributed by atoms with Crippen molar-refractivity contribution in [2.24, 2.45) is 0 Å². The molecule has 13 heavy (non-hydrogen) atoms. The van der Waals surface area contributed by atoms with Gasteiger partial charge in [0.05, 0.1) is 11.2 Å². The van der Waals surface area contributed by atoms with Gasteiger partial charge < -0.3 is 4.74 Å². The van der Waals surface area contributed by atoms with Crippen LogP contribution in [0.15, 0.2) is 6.20 Å². The summed E-state index contributed by atoms with van der Waals surface area (Å²) in [7, 11) is 0. The van der Waals surface area contributed by atoms with Gasteiger partial charge in [0.25, 0.3) is 0 Å². The van der Waals surface area contributed by atoms with Gasteiger partial charge in [0.15, 0.2) is 0 Å². The van der Waals surface area contributed by atoms with Crippen molar-refractivity contribution in [3.63, 3.8) is 0 Å². The molecule has 0 saturated heterocycles. The molecule has 0 atom stereocenters. The van der Waals surface area contributed by atoms with Crippen LogP contribution in [0, 0.1) is 6.92 Å². The molecule has 0 N–H and O–H groups in total. The highest BCUT2D eigenvalue weighted by Crippen LogP contribution is 2.16. The molecule has 0 amide bonds. The number of hydrogen-bond donors (Lipinski definition) is 0. The first-order chi connectivity index (χ1) is 5.88. The van der Waals surface area contributed by atoms with Crippen LogP contribution < -0.4 is 0 Å². The molecule has 0 unspecified atom stereocenters. The Bertz CT molecular complexity index is 312. The summed E-state index contributed by atoms with van der Waals surface area (Å²) in [5.74, 6) is -0.293. The molecular weight excluding hydrogens is 186 g/mol. The fourth-order valence-electron chi connectivity index (χ4n) is 0.784. The van der Waals surface area contributed by atoms with E-state index in [2.05, 4.69) is 4.98 Å². The Balaban J connectivity index is 2.70. The summed E-state index contributed by atoms with van der Waals surface area (Å²) in [5, 5.41) is 0.876. The molecule has 72 valence electrons. The number of aromatic nitrogens is 1. The van der Waals surface area contributed by atoms with Gasteiger partial charge in [0, 0.05) is 0 Å². The summed E-state index contributed by atoms with van der Waals surface area (Å²) >= 11 is 1.35. The van der Waals surface area contributed by atoms with E-state index in [1.807, 2.05) is 27.7 Å². The second-order valence-corrected chi connectivity index (χ2v) is 4.98. The molecule has 0 saturated carbocycles. The molecule has 3 nitrogen and oxygen atoms in total. The molecule has 0 aliphatic heterocycles. The van der Waals surface area contributed by atoms with Gasteiger partial charge in [0.2, 0.25) is 0 Å². The summed E-state index contributed by atoms with van der Waals surface area (Å²) in [6.07, 6.45) is 1.55. The fraction of sp³-hybridized carbons (Fsp3) is 0.556. The minimum absolute atomic E-state index is 0.293. The highest BCUT2D eigenvalue weighted by molar-refractivity contribution is 7.13. The number of rotatable bonds is 1. The molecule has 0 aliphatic rings. The van der Waals surface area contributed by atoms with Crippen molar-refractivity contribution in [2.75, 3.05) is 0 Å². The molecule has 0 bridgehead atoms. The van der Waals surface area contributed by atoms with Crippen molar-refractivity contribution < 1.29 is 9.53 Å². The third-order valence-corrected chi connectivity index (χ3v) is 2.11. The van der Waals surface area contributed by atoms with E-state index in [-0.39, 0.29) is 5.97 Å². The standard InChI is InChI=1S/C9H13NO2S/c1-6-10-5-7(13-6)8(11)12-9(2,3)4/h5H,1-4H3. The van der Waals surface area contributed by atoms with Crippen molar-refractivity contribution in [3.05, 3.63) is 16.1 Å². The van der Waals surface area contributed by atoms with Crippen molar-refractivity contribution in [1.29, 1.82) is 0 Å². The number of thiazole rings is 1. The molecule has 0 aromatic carbocycles. The average molecular weight is 199 g/mol. The van der Waals surface area contributed by atoms with E-state index in [0.29, 0.717) is 4.88 Å². The minimum Gasteiger partial charge on any atom is -0.456 e. The predicted molar refractivity (Wildman–Crippen MR) is 52.0 cm³/mol. The van der Waals surface area contributed by atoms with Crippen LogP contribution in [-0.2, 0) is 4.74 Å². The second-order valence-electron chi connectivity index (χ2n) is 3.75. The van der Waals surface area contributed by atoms with Gasteiger partial charge in [-0.15, -0.1) is 11.3 Å². The normalized spacial score (nSPS) is 11.4. The van der Waals surface area contributed by atoms with E-state index >= 15 is 0 Å². The molecule has 1 rings (SSSR count). The van der Waals surface area contributed by atoms with E-state index < -0.39 is 5.60 Å². The maximum Gasteiger partial charge on any atom is 0.350 e. The van der Waals surface area contributed by atoms with E-state index in [9.17, 15) is 4.79 Å². The van der Waals surface area contributed by atoms with Gasteiger partial charge in [-0.25, -0.2) is 9.78 Å². The number of nitrogens with zero attached hydrogens (tertiary/aromatic N) is 1. The third kappa shape index (κ3) is 3.14. The van der Waals surface area contributed by atoms with E-state index in [0.717, 1.165) is 5.01 Å². The summed E-state index contributed by atoms with van der Waals surface area (Å²) in [4.78, 5) is 16.0. The van der Waals surface area contributed by atoms with E-state index in [1.54, 1.807) is 6.20 Å². The van der Waals surface area contributed by atoms with Crippen LogP contribution in [0.4, 0.5) is 0 Å². The second kappa shape index (κ2) is 3.46. The van der Waals surface area contributed by atoms with Gasteiger partial charge in [0.1, 0.15) is 10.5 Å². The summed E-state index contributed by atoms with van der Waals surface area (Å²) < 4.78 is 5.17. The number of aryl methyl sites for hydroxylation is 1. The van der Waals surface area contributed by atoms with Crippen molar-refractivity contribution in [3.8, 4) is 0 Å². The molecular formula is C9H13NO2S. The highest BCUT2D eigenvalue weighted by Gasteiger charge is 2.19. The minimum atomic E-state index is -0.436. The van der Waals surface area contributed by atoms with Crippen LogP contribution in [0.1, 0.15) is 35.5 Å². The Labute approximate surface area is 81.8 Å². The highest BCUT2D eigenvalue weighted by atomic mass is 32.1. The molecule has 1 heterocycles. The summed E-state index contributed by atoms with van der Waals surface area (Å²) in [5.41, 5.74) is -0.436. The molecule has 1 aromatic heterocycles. The Morgan fingerprint density at radius 1 is 1.54 bits per heavy atom. The van der Waals surface area contributed by atoms with Crippen LogP contribution in [-0.4, -0.2) is 16.6 Å². The van der Waals surface area contributed by atoms with Crippen LogP contribution in [0.25, 0.3) is 0 Å². The van der Waals surface area contributed by atoms with E-state index in [4.69, 9.17) is 4.74 Å². The number of esters is 1. The Morgan fingerprint density at radius 2 is 2.15 bits per heavy atom. The molecule has 0 spiro atoms. The van der Waals surface area contributed by atoms with Crippen LogP contribution in [0.2, 0.25) is 0 Å². The lowest BCUT2D eigenvalue weighted by Gasteiger charge is -2.18. The zero-order chi connectivity index (χ0) is 10.1. The fourth-order valence-corrected chi connectivity index (χ4v) is 1.44. The lowest BCUT2D eigenvalue weighted by molar-refractivity contribution is 0.00750. The molecule has 4 heteroatoms. The van der Waals surface area contributed by atoms with Gasteiger partial charge >= 0.3 is 5.97 Å². The first-order valence-electron chi connectivity index (χ1n) is 4.04. The SMILES string of the molecule is Cc1ncc(C(=O)OC(C)(C)C)s1. The lowest BCUT2D eigenvalue weighted by atomic mass is 10.2. The van der Waals surface area contributed by atoms with E-state index in [1.165, 1.54) is 11.3 Å². The maximum atomic E-state index is 11.4. The van der Waals surface area contributed by atoms with Crippen molar-refractivity contribution in [2.45, 2.75) is 33.3 Å². The van der Waals surface area contributed by atoms with Gasteiger partial charge in [-0.3, -0.25) is 0 Å². The molecule has 0 fully saturated rings. The van der Waals surface area contributed by atoms with Gasteiger partial charge in [-0.2, -0.15) is 0 Å². The smallest absolute Gasteiger partial charge is 0.350 e. The summed E-state index contributed by atoms with van der Waals surface area (Å²) in [6.45, 7) is 7.40. The molecule has 0 radical (unpaired) electrons. The Kier molecular flexibility index (Phi) is 2.71. The van der Waals surface area contributed by atoms with Gasteiger partial charge in [-0.1, -0.05) is 0 Å².